The number of amides is 2. The van der Waals surface area contributed by atoms with Gasteiger partial charge in [-0.15, -0.1) is 0 Å². The topological polar surface area (TPSA) is 58.4 Å². The van der Waals surface area contributed by atoms with Gasteiger partial charge in [0.1, 0.15) is 0 Å². The minimum Gasteiger partial charge on any atom is -0.336 e. The van der Waals surface area contributed by atoms with Crippen molar-refractivity contribution in [2.24, 2.45) is 5.73 Å². The summed E-state index contributed by atoms with van der Waals surface area (Å²) in [5.74, 6) is 0. The normalized spacial score (nSPS) is 24.5. The van der Waals surface area contributed by atoms with Gasteiger partial charge in [-0.2, -0.15) is 0 Å². The number of nitrogens with one attached hydrogen (secondary N) is 1. The Labute approximate surface area is 85.8 Å². The number of urea groups is 1. The Morgan fingerprint density at radius 3 is 3.00 bits per heavy atom. The predicted octanol–water partition coefficient (Wildman–Crippen LogP) is 0.918. The van der Waals surface area contributed by atoms with Gasteiger partial charge in [-0.25, -0.2) is 4.79 Å². The first-order chi connectivity index (χ1) is 6.63. The summed E-state index contributed by atoms with van der Waals surface area (Å²) in [4.78, 5) is 13.5. The summed E-state index contributed by atoms with van der Waals surface area (Å²) in [6.45, 7) is 5.62. The standard InChI is InChI=1S/C10H21N3O/c1-3-8(2)12-10(14)13-6-4-5-9(11)7-13/h8-9H,3-7,11H2,1-2H3,(H,12,14). The number of hydrogen-bond donors (Lipinski definition) is 2. The largest absolute Gasteiger partial charge is 0.336 e. The zero-order valence-electron chi connectivity index (χ0n) is 9.12. The number of carbonyl (C=O) groups excluding carboxylic acids is 1. The molecule has 0 bridgehead atoms. The van der Waals surface area contributed by atoms with Crippen molar-refractivity contribution in [2.75, 3.05) is 13.1 Å². The summed E-state index contributed by atoms with van der Waals surface area (Å²) in [6, 6.07) is 0.446. The van der Waals surface area contributed by atoms with E-state index in [1.165, 1.54) is 0 Å². The van der Waals surface area contributed by atoms with Crippen LogP contribution in [0.1, 0.15) is 33.1 Å². The van der Waals surface area contributed by atoms with Crippen LogP contribution in [-0.2, 0) is 0 Å². The third-order valence-corrected chi connectivity index (χ3v) is 2.73. The Balaban J connectivity index is 2.36. The maximum Gasteiger partial charge on any atom is 0.317 e. The van der Waals surface area contributed by atoms with Crippen molar-refractivity contribution >= 4 is 6.03 Å². The highest BCUT2D eigenvalue weighted by atomic mass is 16.2. The molecule has 1 heterocycles. The van der Waals surface area contributed by atoms with Crippen LogP contribution in [0.25, 0.3) is 0 Å². The number of rotatable bonds is 2. The van der Waals surface area contributed by atoms with E-state index in [-0.39, 0.29) is 18.1 Å². The summed E-state index contributed by atoms with van der Waals surface area (Å²) in [7, 11) is 0. The van der Waals surface area contributed by atoms with Crippen LogP contribution in [0.3, 0.4) is 0 Å². The number of hydrogen-bond acceptors (Lipinski definition) is 2. The number of likely N-dealkylation sites (tertiary alicyclic amines) is 1. The molecule has 1 rings (SSSR count). The van der Waals surface area contributed by atoms with E-state index >= 15 is 0 Å². The molecule has 1 fully saturated rings. The summed E-state index contributed by atoms with van der Waals surface area (Å²) in [5, 5.41) is 2.95. The van der Waals surface area contributed by atoms with Gasteiger partial charge in [-0.05, 0) is 26.2 Å². The van der Waals surface area contributed by atoms with Crippen molar-refractivity contribution in [3.05, 3.63) is 0 Å². The lowest BCUT2D eigenvalue weighted by atomic mass is 10.1. The number of carbonyl (C=O) groups is 1. The Kier molecular flexibility index (Phi) is 4.20. The fourth-order valence-corrected chi connectivity index (χ4v) is 1.60. The van der Waals surface area contributed by atoms with Gasteiger partial charge >= 0.3 is 6.03 Å². The second-order valence-electron chi connectivity index (χ2n) is 4.11. The average molecular weight is 199 g/mol. The monoisotopic (exact) mass is 199 g/mol. The minimum atomic E-state index is 0.0366. The first-order valence-electron chi connectivity index (χ1n) is 5.44. The van der Waals surface area contributed by atoms with E-state index in [4.69, 9.17) is 5.73 Å². The first kappa shape index (κ1) is 11.3. The summed E-state index contributed by atoms with van der Waals surface area (Å²) in [5.41, 5.74) is 5.80. The molecule has 82 valence electrons. The van der Waals surface area contributed by atoms with Gasteiger partial charge in [0, 0.05) is 25.2 Å². The highest BCUT2D eigenvalue weighted by Gasteiger charge is 2.21. The third kappa shape index (κ3) is 3.18. The minimum absolute atomic E-state index is 0.0366. The highest BCUT2D eigenvalue weighted by Crippen LogP contribution is 2.08. The molecule has 0 spiro atoms. The molecule has 1 aliphatic rings. The maximum atomic E-state index is 11.7. The number of nitrogens with two attached hydrogens (primary N) is 1. The molecule has 0 aliphatic carbocycles. The molecule has 1 aliphatic heterocycles. The zero-order chi connectivity index (χ0) is 10.6. The van der Waals surface area contributed by atoms with Gasteiger partial charge in [0.15, 0.2) is 0 Å². The Morgan fingerprint density at radius 1 is 1.71 bits per heavy atom. The smallest absolute Gasteiger partial charge is 0.317 e. The van der Waals surface area contributed by atoms with Gasteiger partial charge in [0.2, 0.25) is 0 Å². The van der Waals surface area contributed by atoms with Crippen LogP contribution >= 0.6 is 0 Å². The molecule has 0 aromatic heterocycles. The molecule has 4 nitrogen and oxygen atoms in total. The van der Waals surface area contributed by atoms with Crippen LogP contribution in [0.4, 0.5) is 4.79 Å². The average Bonchev–Trinajstić information content (AvgIpc) is 2.17. The summed E-state index contributed by atoms with van der Waals surface area (Å²) in [6.07, 6.45) is 3.02. The molecule has 3 N–H and O–H groups in total. The van der Waals surface area contributed by atoms with E-state index in [1.54, 1.807) is 0 Å². The van der Waals surface area contributed by atoms with Gasteiger partial charge < -0.3 is 16.0 Å². The van der Waals surface area contributed by atoms with Gasteiger partial charge in [0.25, 0.3) is 0 Å². The second-order valence-corrected chi connectivity index (χ2v) is 4.11. The van der Waals surface area contributed by atoms with Crippen molar-refractivity contribution in [2.45, 2.75) is 45.2 Å². The Morgan fingerprint density at radius 2 is 2.43 bits per heavy atom. The van der Waals surface area contributed by atoms with E-state index in [0.717, 1.165) is 25.8 Å². The van der Waals surface area contributed by atoms with Crippen LogP contribution in [0.2, 0.25) is 0 Å². The molecule has 14 heavy (non-hydrogen) atoms. The lowest BCUT2D eigenvalue weighted by Gasteiger charge is -2.31. The lowest BCUT2D eigenvalue weighted by molar-refractivity contribution is 0.177. The van der Waals surface area contributed by atoms with Crippen molar-refractivity contribution in [1.82, 2.24) is 10.2 Å². The van der Waals surface area contributed by atoms with Gasteiger partial charge in [0.05, 0.1) is 0 Å². The number of piperidine rings is 1. The molecule has 1 saturated heterocycles. The van der Waals surface area contributed by atoms with E-state index in [9.17, 15) is 4.79 Å². The van der Waals surface area contributed by atoms with Crippen molar-refractivity contribution in [3.8, 4) is 0 Å². The summed E-state index contributed by atoms with van der Waals surface area (Å²) >= 11 is 0. The summed E-state index contributed by atoms with van der Waals surface area (Å²) < 4.78 is 0. The molecular formula is C10H21N3O. The fraction of sp³-hybridized carbons (Fsp3) is 0.900. The first-order valence-corrected chi connectivity index (χ1v) is 5.44. The lowest BCUT2D eigenvalue weighted by Crippen LogP contribution is -2.51. The molecule has 4 heteroatoms. The molecule has 2 atom stereocenters. The van der Waals surface area contributed by atoms with E-state index in [1.807, 2.05) is 11.8 Å². The fourth-order valence-electron chi connectivity index (χ4n) is 1.60. The molecule has 0 aromatic rings. The highest BCUT2D eigenvalue weighted by molar-refractivity contribution is 5.74. The Bertz CT molecular complexity index is 196. The molecular weight excluding hydrogens is 178 g/mol. The van der Waals surface area contributed by atoms with E-state index < -0.39 is 0 Å². The van der Waals surface area contributed by atoms with Crippen LogP contribution in [0.15, 0.2) is 0 Å². The molecule has 2 unspecified atom stereocenters. The van der Waals surface area contributed by atoms with Crippen molar-refractivity contribution in [3.63, 3.8) is 0 Å². The predicted molar refractivity (Wildman–Crippen MR) is 57.1 cm³/mol. The number of nitrogens with zero attached hydrogens (tertiary/aromatic N) is 1. The van der Waals surface area contributed by atoms with Gasteiger partial charge in [-0.3, -0.25) is 0 Å². The van der Waals surface area contributed by atoms with Crippen LogP contribution in [0, 0.1) is 0 Å². The van der Waals surface area contributed by atoms with Crippen LogP contribution in [-0.4, -0.2) is 36.1 Å². The molecule has 0 radical (unpaired) electrons. The second kappa shape index (κ2) is 5.20. The SMILES string of the molecule is CCC(C)NC(=O)N1CCCC(N)C1. The molecule has 2 amide bonds. The molecule has 0 aromatic carbocycles. The van der Waals surface area contributed by atoms with Gasteiger partial charge in [-0.1, -0.05) is 6.92 Å². The quantitative estimate of drug-likeness (QED) is 0.694. The van der Waals surface area contributed by atoms with Crippen LogP contribution < -0.4 is 11.1 Å². The van der Waals surface area contributed by atoms with Crippen molar-refractivity contribution < 1.29 is 4.79 Å². The van der Waals surface area contributed by atoms with E-state index in [2.05, 4.69) is 12.2 Å². The van der Waals surface area contributed by atoms with Crippen LogP contribution in [0.5, 0.6) is 0 Å². The maximum absolute atomic E-state index is 11.7. The third-order valence-electron chi connectivity index (χ3n) is 2.73. The molecule has 0 saturated carbocycles. The van der Waals surface area contributed by atoms with E-state index in [0.29, 0.717) is 6.54 Å². The van der Waals surface area contributed by atoms with Crippen molar-refractivity contribution in [1.29, 1.82) is 0 Å². The zero-order valence-corrected chi connectivity index (χ0v) is 9.12. The Hall–Kier alpha value is -0.770.